The molecule has 282 valence electrons. The van der Waals surface area contributed by atoms with Gasteiger partial charge in [0.1, 0.15) is 5.60 Å². The van der Waals surface area contributed by atoms with Crippen molar-refractivity contribution in [2.75, 3.05) is 27.3 Å². The Balaban J connectivity index is 1.43. The maximum Gasteiger partial charge on any atom is 0.410 e. The van der Waals surface area contributed by atoms with Gasteiger partial charge in [0.2, 0.25) is 5.91 Å². The van der Waals surface area contributed by atoms with E-state index < -0.39 is 16.4 Å². The van der Waals surface area contributed by atoms with Gasteiger partial charge in [-0.1, -0.05) is 123 Å². The van der Waals surface area contributed by atoms with Gasteiger partial charge in [-0.2, -0.15) is 0 Å². The number of thioether (sulfide) groups is 1. The first kappa shape index (κ1) is 39.7. The number of hydrogen-bond donors (Lipinski definition) is 2. The van der Waals surface area contributed by atoms with E-state index in [0.717, 1.165) is 18.4 Å². The lowest BCUT2D eigenvalue weighted by Crippen LogP contribution is -2.52. The van der Waals surface area contributed by atoms with Crippen molar-refractivity contribution in [2.24, 2.45) is 5.92 Å². The quantitative estimate of drug-likeness (QED) is 0.119. The molecule has 2 N–H and O–H groups in total. The summed E-state index contributed by atoms with van der Waals surface area (Å²) < 4.78 is 16.5. The molecule has 1 aliphatic heterocycles. The summed E-state index contributed by atoms with van der Waals surface area (Å²) in [5, 5.41) is 6.79. The van der Waals surface area contributed by atoms with Gasteiger partial charge in [-0.15, -0.1) is 11.8 Å². The van der Waals surface area contributed by atoms with Gasteiger partial charge in [0, 0.05) is 36.5 Å². The van der Waals surface area contributed by atoms with Gasteiger partial charge in [0.05, 0.1) is 25.0 Å². The van der Waals surface area contributed by atoms with E-state index in [2.05, 4.69) is 97.3 Å². The fourth-order valence-corrected chi connectivity index (χ4v) is 8.98. The average molecular weight is 738 g/mol. The normalized spacial score (nSPS) is 17.2. The van der Waals surface area contributed by atoms with Crippen molar-refractivity contribution in [3.8, 4) is 11.5 Å². The molecule has 1 heterocycles. The van der Waals surface area contributed by atoms with Crippen molar-refractivity contribution >= 4 is 23.8 Å². The standard InChI is InChI=1S/C44H55N3O5S/c1-8-31(2)39(41(48)46-28-32-19-18-26-38(50-6)40(32)51-7)45-29-36-27-37(30-47(36)42(49)52-43(3,4)5)53-44(33-20-12-9-13-21-33,34-22-14-10-15-23-34)35-24-16-11-17-25-35/h9-26,31,36-37,39,45H,8,27-30H2,1-7H3,(H,46,48)/t31-,36+,37+,39-/m0/s1. The van der Waals surface area contributed by atoms with Crippen LogP contribution in [0.3, 0.4) is 0 Å². The highest BCUT2D eigenvalue weighted by atomic mass is 32.2. The van der Waals surface area contributed by atoms with Crippen LogP contribution in [-0.4, -0.2) is 67.1 Å². The van der Waals surface area contributed by atoms with E-state index in [1.54, 1.807) is 14.2 Å². The Bertz CT molecular complexity index is 1670. The van der Waals surface area contributed by atoms with Crippen LogP contribution in [0.5, 0.6) is 11.5 Å². The topological polar surface area (TPSA) is 89.1 Å². The SMILES string of the molecule is CC[C@H](C)[C@H](NC[C@H]1C[C@@H](SC(c2ccccc2)(c2ccccc2)c2ccccc2)CN1C(=O)OC(C)(C)C)C(=O)NCc1cccc(OC)c1OC. The molecule has 0 radical (unpaired) electrons. The van der Waals surface area contributed by atoms with E-state index in [-0.39, 0.29) is 29.2 Å². The first-order chi connectivity index (χ1) is 25.5. The van der Waals surface area contributed by atoms with E-state index in [1.807, 2.05) is 73.8 Å². The third-order valence-corrected chi connectivity index (χ3v) is 11.6. The number of carbonyl (C=O) groups excluding carboxylic acids is 2. The summed E-state index contributed by atoms with van der Waals surface area (Å²) in [5.74, 6) is 1.16. The van der Waals surface area contributed by atoms with Crippen molar-refractivity contribution < 1.29 is 23.8 Å². The van der Waals surface area contributed by atoms with Crippen molar-refractivity contribution in [2.45, 2.75) is 81.7 Å². The van der Waals surface area contributed by atoms with Gasteiger partial charge in [0.15, 0.2) is 11.5 Å². The first-order valence-electron chi connectivity index (χ1n) is 18.6. The molecular weight excluding hydrogens is 683 g/mol. The van der Waals surface area contributed by atoms with Crippen LogP contribution in [0.2, 0.25) is 0 Å². The number of methoxy groups -OCH3 is 2. The number of nitrogens with zero attached hydrogens (tertiary/aromatic N) is 1. The molecule has 0 saturated carbocycles. The number of amides is 2. The number of carbonyl (C=O) groups is 2. The third-order valence-electron chi connectivity index (χ3n) is 9.89. The Morgan fingerprint density at radius 2 is 1.40 bits per heavy atom. The average Bonchev–Trinajstić information content (AvgIpc) is 3.58. The van der Waals surface area contributed by atoms with Crippen LogP contribution in [0.15, 0.2) is 109 Å². The molecule has 0 aromatic heterocycles. The molecule has 0 spiro atoms. The molecule has 0 bridgehead atoms. The van der Waals surface area contributed by atoms with Gasteiger partial charge >= 0.3 is 6.09 Å². The van der Waals surface area contributed by atoms with Crippen LogP contribution < -0.4 is 20.1 Å². The van der Waals surface area contributed by atoms with Crippen LogP contribution in [-0.2, 0) is 20.8 Å². The molecule has 9 heteroatoms. The van der Waals surface area contributed by atoms with E-state index in [1.165, 1.54) is 16.7 Å². The molecular formula is C44H55N3O5S. The smallest absolute Gasteiger partial charge is 0.410 e. The number of rotatable bonds is 15. The third kappa shape index (κ3) is 9.56. The molecule has 1 aliphatic rings. The molecule has 1 saturated heterocycles. The number of para-hydroxylation sites is 1. The van der Waals surface area contributed by atoms with E-state index in [9.17, 15) is 9.59 Å². The lowest BCUT2D eigenvalue weighted by molar-refractivity contribution is -0.124. The minimum atomic E-state index is -0.650. The van der Waals surface area contributed by atoms with Crippen LogP contribution in [0.1, 0.15) is 69.7 Å². The van der Waals surface area contributed by atoms with E-state index in [4.69, 9.17) is 14.2 Å². The summed E-state index contributed by atoms with van der Waals surface area (Å²) in [5.41, 5.74) is 3.70. The molecule has 4 atom stereocenters. The van der Waals surface area contributed by atoms with Crippen molar-refractivity contribution in [3.63, 3.8) is 0 Å². The summed E-state index contributed by atoms with van der Waals surface area (Å²) in [6, 6.07) is 36.9. The minimum absolute atomic E-state index is 0.0469. The molecule has 0 aliphatic carbocycles. The number of ether oxygens (including phenoxy) is 3. The lowest BCUT2D eigenvalue weighted by Gasteiger charge is -2.37. The zero-order chi connectivity index (χ0) is 38.0. The highest BCUT2D eigenvalue weighted by molar-refractivity contribution is 8.01. The Morgan fingerprint density at radius 1 is 0.830 bits per heavy atom. The zero-order valence-corrected chi connectivity index (χ0v) is 33.0. The lowest BCUT2D eigenvalue weighted by atomic mass is 9.84. The fourth-order valence-electron chi connectivity index (χ4n) is 7.11. The molecule has 4 aromatic carbocycles. The predicted octanol–water partition coefficient (Wildman–Crippen LogP) is 8.43. The number of hydrogen-bond acceptors (Lipinski definition) is 7. The minimum Gasteiger partial charge on any atom is -0.493 e. The van der Waals surface area contributed by atoms with Gasteiger partial charge in [-0.3, -0.25) is 4.79 Å². The monoisotopic (exact) mass is 737 g/mol. The maximum absolute atomic E-state index is 13.9. The maximum atomic E-state index is 13.9. The van der Waals surface area contributed by atoms with Crippen LogP contribution in [0, 0.1) is 5.92 Å². The van der Waals surface area contributed by atoms with Crippen molar-refractivity contribution in [3.05, 3.63) is 131 Å². The summed E-state index contributed by atoms with van der Waals surface area (Å²) >= 11 is 1.89. The second-order valence-corrected chi connectivity index (χ2v) is 16.2. The van der Waals surface area contributed by atoms with Crippen molar-refractivity contribution in [1.82, 2.24) is 15.5 Å². The Labute approximate surface area is 320 Å². The summed E-state index contributed by atoms with van der Waals surface area (Å²) in [6.45, 7) is 11.1. The summed E-state index contributed by atoms with van der Waals surface area (Å²) in [4.78, 5) is 29.6. The Kier molecular flexibility index (Phi) is 13.5. The van der Waals surface area contributed by atoms with E-state index in [0.29, 0.717) is 31.1 Å². The Morgan fingerprint density at radius 3 is 1.89 bits per heavy atom. The first-order valence-corrected chi connectivity index (χ1v) is 19.4. The molecule has 53 heavy (non-hydrogen) atoms. The highest BCUT2D eigenvalue weighted by Gasteiger charge is 2.45. The molecule has 4 aromatic rings. The van der Waals surface area contributed by atoms with Gasteiger partial charge in [-0.25, -0.2) is 4.79 Å². The van der Waals surface area contributed by atoms with Gasteiger partial charge < -0.3 is 29.7 Å². The largest absolute Gasteiger partial charge is 0.493 e. The second kappa shape index (κ2) is 18.0. The number of likely N-dealkylation sites (tertiary alicyclic amines) is 1. The number of nitrogens with one attached hydrogen (secondary N) is 2. The van der Waals surface area contributed by atoms with Crippen LogP contribution >= 0.6 is 11.8 Å². The predicted molar refractivity (Wildman–Crippen MR) is 215 cm³/mol. The van der Waals surface area contributed by atoms with Crippen LogP contribution in [0.4, 0.5) is 4.79 Å². The van der Waals surface area contributed by atoms with E-state index >= 15 is 0 Å². The molecule has 5 rings (SSSR count). The van der Waals surface area contributed by atoms with Crippen LogP contribution in [0.25, 0.3) is 0 Å². The fraction of sp³-hybridized carbons (Fsp3) is 0.409. The Hall–Kier alpha value is -4.47. The highest BCUT2D eigenvalue weighted by Crippen LogP contribution is 2.52. The van der Waals surface area contributed by atoms with Gasteiger partial charge in [-0.05, 0) is 55.9 Å². The molecule has 1 fully saturated rings. The molecule has 8 nitrogen and oxygen atoms in total. The zero-order valence-electron chi connectivity index (χ0n) is 32.1. The van der Waals surface area contributed by atoms with Crippen molar-refractivity contribution in [1.29, 1.82) is 0 Å². The van der Waals surface area contributed by atoms with Gasteiger partial charge in [0.25, 0.3) is 0 Å². The number of benzene rings is 4. The summed E-state index contributed by atoms with van der Waals surface area (Å²) in [6.07, 6.45) is 1.19. The molecule has 2 amide bonds. The molecule has 0 unspecified atom stereocenters. The summed E-state index contributed by atoms with van der Waals surface area (Å²) in [7, 11) is 3.20. The second-order valence-electron chi connectivity index (χ2n) is 14.7.